The van der Waals surface area contributed by atoms with Gasteiger partial charge in [0.15, 0.2) is 0 Å². The van der Waals surface area contributed by atoms with Crippen LogP contribution in [0.3, 0.4) is 0 Å². The molecule has 0 heterocycles. The van der Waals surface area contributed by atoms with E-state index in [9.17, 15) is 0 Å². The number of hydrogen-bond donors (Lipinski definition) is 0. The first kappa shape index (κ1) is 16.0. The van der Waals surface area contributed by atoms with Crippen molar-refractivity contribution in [2.75, 3.05) is 0 Å². The molecule has 0 aromatic heterocycles. The third-order valence-electron chi connectivity index (χ3n) is 0. The molecule has 0 aliphatic rings. The van der Waals surface area contributed by atoms with Crippen molar-refractivity contribution in [2.24, 2.45) is 0 Å². The van der Waals surface area contributed by atoms with Gasteiger partial charge >= 0.3 is 48.8 Å². The van der Waals surface area contributed by atoms with E-state index in [2.05, 4.69) is 0 Å². The van der Waals surface area contributed by atoms with Crippen LogP contribution in [0.15, 0.2) is 0 Å². The van der Waals surface area contributed by atoms with E-state index in [-0.39, 0.29) is 40.1 Å². The summed E-state index contributed by atoms with van der Waals surface area (Å²) in [7, 11) is 0. The van der Waals surface area contributed by atoms with E-state index in [0.717, 1.165) is 0 Å². The maximum atomic E-state index is 8.50. The molecule has 31 valence electrons. The van der Waals surface area contributed by atoms with Crippen LogP contribution in [-0.4, -0.2) is 23.1 Å². The van der Waals surface area contributed by atoms with Crippen molar-refractivity contribution in [2.45, 2.75) is 0 Å². The zero-order chi connectivity index (χ0) is 2.71. The average Bonchev–Trinajstić information content (AvgIpc) is 0.918. The van der Waals surface area contributed by atoms with Gasteiger partial charge in [0.25, 0.3) is 0 Å². The first-order chi connectivity index (χ1) is 1.41. The van der Waals surface area contributed by atoms with Crippen LogP contribution >= 0.6 is 0 Å². The molecule has 0 aromatic rings. The Labute approximate surface area is 65.3 Å². The van der Waals surface area contributed by atoms with Gasteiger partial charge in [-0.2, -0.15) is 0 Å². The molecule has 0 aromatic carbocycles. The summed E-state index contributed by atoms with van der Waals surface area (Å²) in [4.78, 5) is 0. The van der Waals surface area contributed by atoms with Crippen LogP contribution in [0.2, 0.25) is 0 Å². The molecule has 0 spiro atoms. The third kappa shape index (κ3) is 28.3. The Balaban J connectivity index is -0.0000000200. The minimum atomic E-state index is -2.00. The first-order valence-electron chi connectivity index (χ1n) is 0.408. The van der Waals surface area contributed by atoms with E-state index in [1.54, 1.807) is 0 Å². The molecule has 0 amide bonds. The fraction of sp³-hybridized carbons (Fsp3) is 0. The summed E-state index contributed by atoms with van der Waals surface area (Å²) in [6.07, 6.45) is 0. The first-order valence-corrected chi connectivity index (χ1v) is 1.68. The Bertz CT molecular complexity index is 30.6. The summed E-state index contributed by atoms with van der Waals surface area (Å²) in [5.74, 6) is 0. The van der Waals surface area contributed by atoms with Gasteiger partial charge < -0.3 is 0 Å². The molecule has 0 unspecified atom stereocenters. The average molecular weight is 170 g/mol. The molecule has 2 nitrogen and oxygen atoms in total. The van der Waals surface area contributed by atoms with Crippen LogP contribution in [0.1, 0.15) is 0 Å². The second kappa shape index (κ2) is 17.5. The summed E-state index contributed by atoms with van der Waals surface area (Å²) < 4.78 is 17.0. The van der Waals surface area contributed by atoms with E-state index in [4.69, 9.17) is 6.65 Å². The molecule has 1 radical (unpaired) electrons. The van der Waals surface area contributed by atoms with Gasteiger partial charge in [0.2, 0.25) is 0 Å². The van der Waals surface area contributed by atoms with Crippen molar-refractivity contribution >= 4 is 23.1 Å². The van der Waals surface area contributed by atoms with E-state index in [1.165, 1.54) is 0 Å². The van der Waals surface area contributed by atoms with Gasteiger partial charge in [0, 0.05) is 17.1 Å². The fourth-order valence-electron chi connectivity index (χ4n) is 0. The van der Waals surface area contributed by atoms with Crippen molar-refractivity contribution in [1.82, 2.24) is 0 Å². The van der Waals surface area contributed by atoms with Gasteiger partial charge in [-0.25, -0.2) is 0 Å². The minimum absolute atomic E-state index is 0. The molecule has 5 heteroatoms. The SMILES string of the molecule is [Cu].[MgH2].[O]=[Ti]=[O]. The molecule has 0 fully saturated rings. The van der Waals surface area contributed by atoms with Crippen molar-refractivity contribution in [3.05, 3.63) is 0 Å². The molecule has 0 N–H and O–H groups in total. The van der Waals surface area contributed by atoms with Gasteiger partial charge in [-0.1, -0.05) is 0 Å². The Kier molecular flexibility index (Phi) is 56.0. The molecule has 0 atom stereocenters. The zero-order valence-corrected chi connectivity index (χ0v) is 4.12. The molecule has 0 saturated heterocycles. The van der Waals surface area contributed by atoms with E-state index < -0.39 is 19.1 Å². The van der Waals surface area contributed by atoms with Crippen molar-refractivity contribution in [3.63, 3.8) is 0 Å². The van der Waals surface area contributed by atoms with Gasteiger partial charge in [0.05, 0.1) is 0 Å². The monoisotopic (exact) mass is 169 g/mol. The predicted octanol–water partition coefficient (Wildman–Crippen LogP) is -1.16. The fourth-order valence-corrected chi connectivity index (χ4v) is 0. The van der Waals surface area contributed by atoms with Gasteiger partial charge in [-0.05, 0) is 0 Å². The van der Waals surface area contributed by atoms with Crippen LogP contribution < -0.4 is 0 Å². The second-order valence-electron chi connectivity index (χ2n) is 0.0833. The van der Waals surface area contributed by atoms with Gasteiger partial charge in [-0.15, -0.1) is 0 Å². The molecule has 5 heavy (non-hydrogen) atoms. The topological polar surface area (TPSA) is 34.1 Å². The quantitative estimate of drug-likeness (QED) is 0.429. The Hall–Kier alpha value is 1.60. The summed E-state index contributed by atoms with van der Waals surface area (Å²) >= 11 is -2.00. The summed E-state index contributed by atoms with van der Waals surface area (Å²) in [6.45, 7) is 0. The standard InChI is InChI=1S/Cu.Mg.2O.Ti.2H. The Morgan fingerprint density at radius 2 is 1.20 bits per heavy atom. The maximum absolute atomic E-state index is 8.50. The van der Waals surface area contributed by atoms with Gasteiger partial charge in [0.1, 0.15) is 0 Å². The van der Waals surface area contributed by atoms with Gasteiger partial charge in [-0.3, -0.25) is 0 Å². The summed E-state index contributed by atoms with van der Waals surface area (Å²) in [6, 6.07) is 0. The van der Waals surface area contributed by atoms with Crippen LogP contribution in [-0.2, 0) is 42.8 Å². The van der Waals surface area contributed by atoms with Crippen LogP contribution in [0.5, 0.6) is 0 Å². The van der Waals surface area contributed by atoms with Crippen molar-refractivity contribution in [1.29, 1.82) is 0 Å². The molecule has 0 aliphatic heterocycles. The van der Waals surface area contributed by atoms with Crippen LogP contribution in [0.4, 0.5) is 0 Å². The molecular formula is H2CuMgO2Ti. The van der Waals surface area contributed by atoms with Crippen LogP contribution in [0, 0.1) is 0 Å². The summed E-state index contributed by atoms with van der Waals surface area (Å²) in [5.41, 5.74) is 0. The Morgan fingerprint density at radius 1 is 1.20 bits per heavy atom. The predicted molar refractivity (Wildman–Crippen MR) is 9.92 cm³/mol. The van der Waals surface area contributed by atoms with Crippen LogP contribution in [0.25, 0.3) is 0 Å². The number of hydrogen-bond acceptors (Lipinski definition) is 2. The molecule has 0 saturated carbocycles. The third-order valence-corrected chi connectivity index (χ3v) is 0. The number of rotatable bonds is 0. The summed E-state index contributed by atoms with van der Waals surface area (Å²) in [5, 5.41) is 0. The zero-order valence-electron chi connectivity index (χ0n) is 1.62. The second-order valence-corrected chi connectivity index (χ2v) is 0.344. The molecule has 0 rings (SSSR count). The molecule has 0 aliphatic carbocycles. The van der Waals surface area contributed by atoms with Crippen molar-refractivity contribution < 1.29 is 42.8 Å². The van der Waals surface area contributed by atoms with E-state index >= 15 is 0 Å². The van der Waals surface area contributed by atoms with Crippen molar-refractivity contribution in [3.8, 4) is 0 Å². The van der Waals surface area contributed by atoms with E-state index in [0.29, 0.717) is 0 Å². The Morgan fingerprint density at radius 3 is 1.20 bits per heavy atom. The normalized spacial score (nSPS) is 1.60. The molecular weight excluding hydrogens is 168 g/mol. The molecule has 0 bridgehead atoms. The van der Waals surface area contributed by atoms with E-state index in [1.807, 2.05) is 0 Å².